The number of hydrogen-bond donors (Lipinski definition) is 3. The van der Waals surface area contributed by atoms with Crippen molar-refractivity contribution >= 4 is 39.5 Å². The van der Waals surface area contributed by atoms with E-state index in [1.165, 1.54) is 11.8 Å². The van der Waals surface area contributed by atoms with E-state index in [9.17, 15) is 14.4 Å². The number of carbonyl (C=O) groups excluding carboxylic acids is 2. The molecule has 0 heterocycles. The van der Waals surface area contributed by atoms with Gasteiger partial charge in [-0.3, -0.25) is 4.79 Å². The third-order valence-electron chi connectivity index (χ3n) is 3.73. The van der Waals surface area contributed by atoms with Gasteiger partial charge in [0.25, 0.3) is 0 Å². The Balaban J connectivity index is 1.77. The van der Waals surface area contributed by atoms with Gasteiger partial charge < -0.3 is 20.6 Å². The molecule has 8 heteroatoms. The van der Waals surface area contributed by atoms with Gasteiger partial charge in [-0.05, 0) is 44.0 Å². The van der Waals surface area contributed by atoms with E-state index >= 15 is 0 Å². The first-order valence-corrected chi connectivity index (χ1v) is 8.52. The minimum Gasteiger partial charge on any atom is -0.480 e. The Bertz CT molecular complexity index is 616. The van der Waals surface area contributed by atoms with Gasteiger partial charge in [-0.15, -0.1) is 0 Å². The molecule has 3 amide bonds. The first-order chi connectivity index (χ1) is 11.4. The molecular weight excluding hydrogens is 378 g/mol. The molecule has 0 spiro atoms. The number of amides is 3. The lowest BCUT2D eigenvalue weighted by Gasteiger charge is -2.26. The lowest BCUT2D eigenvalue weighted by atomic mass is 10.2. The summed E-state index contributed by atoms with van der Waals surface area (Å²) in [6, 6.07) is 5.87. The molecule has 3 N–H and O–H groups in total. The molecule has 24 heavy (non-hydrogen) atoms. The first-order valence-electron chi connectivity index (χ1n) is 7.73. The Labute approximate surface area is 148 Å². The lowest BCUT2D eigenvalue weighted by Crippen LogP contribution is -2.45. The maximum Gasteiger partial charge on any atom is 0.326 e. The van der Waals surface area contributed by atoms with Crippen LogP contribution < -0.4 is 10.6 Å². The Morgan fingerprint density at radius 2 is 1.92 bits per heavy atom. The predicted molar refractivity (Wildman–Crippen MR) is 92.7 cm³/mol. The molecule has 1 atom stereocenters. The SMILES string of the molecule is CC(C(=O)O)N(C(=O)CCNC(=O)Nc1ccc(Br)cc1)C1CC1. The fourth-order valence-electron chi connectivity index (χ4n) is 2.33. The van der Waals surface area contributed by atoms with Crippen molar-refractivity contribution < 1.29 is 19.5 Å². The molecule has 2 rings (SSSR count). The van der Waals surface area contributed by atoms with Crippen molar-refractivity contribution in [3.05, 3.63) is 28.7 Å². The number of nitrogens with one attached hydrogen (secondary N) is 2. The summed E-state index contributed by atoms with van der Waals surface area (Å²) in [5.41, 5.74) is 0.640. The zero-order valence-corrected chi connectivity index (χ0v) is 14.9. The molecule has 0 saturated heterocycles. The second kappa shape index (κ2) is 8.14. The van der Waals surface area contributed by atoms with Gasteiger partial charge in [0.05, 0.1) is 0 Å². The Morgan fingerprint density at radius 1 is 1.29 bits per heavy atom. The maximum atomic E-state index is 12.2. The summed E-state index contributed by atoms with van der Waals surface area (Å²) >= 11 is 3.31. The number of carboxylic acid groups (broad SMARTS) is 1. The van der Waals surface area contributed by atoms with Gasteiger partial charge in [-0.25, -0.2) is 9.59 Å². The van der Waals surface area contributed by atoms with E-state index in [2.05, 4.69) is 26.6 Å². The number of hydrogen-bond acceptors (Lipinski definition) is 3. The van der Waals surface area contributed by atoms with Crippen LogP contribution in [0.4, 0.5) is 10.5 Å². The van der Waals surface area contributed by atoms with E-state index in [1.807, 2.05) is 0 Å². The molecule has 0 aromatic heterocycles. The largest absolute Gasteiger partial charge is 0.480 e. The van der Waals surface area contributed by atoms with Gasteiger partial charge in [-0.2, -0.15) is 0 Å². The van der Waals surface area contributed by atoms with Crippen molar-refractivity contribution in [3.63, 3.8) is 0 Å². The van der Waals surface area contributed by atoms with E-state index in [0.717, 1.165) is 17.3 Å². The number of rotatable bonds is 7. The predicted octanol–water partition coefficient (Wildman–Crippen LogP) is 2.42. The van der Waals surface area contributed by atoms with Crippen molar-refractivity contribution in [1.29, 1.82) is 0 Å². The third kappa shape index (κ3) is 5.23. The molecule has 1 saturated carbocycles. The number of carboxylic acids is 1. The summed E-state index contributed by atoms with van der Waals surface area (Å²) in [6.07, 6.45) is 1.74. The highest BCUT2D eigenvalue weighted by Crippen LogP contribution is 2.29. The standard InChI is InChI=1S/C16H20BrN3O4/c1-10(15(22)23)20(13-6-7-13)14(21)8-9-18-16(24)19-12-4-2-11(17)3-5-12/h2-5,10,13H,6-9H2,1H3,(H,22,23)(H2,18,19,24). The summed E-state index contributed by atoms with van der Waals surface area (Å²) in [6.45, 7) is 1.66. The lowest BCUT2D eigenvalue weighted by molar-refractivity contribution is -0.150. The van der Waals surface area contributed by atoms with Crippen molar-refractivity contribution in [3.8, 4) is 0 Å². The van der Waals surface area contributed by atoms with E-state index in [0.29, 0.717) is 5.69 Å². The fourth-order valence-corrected chi connectivity index (χ4v) is 2.59. The van der Waals surface area contributed by atoms with Gasteiger partial charge in [0, 0.05) is 29.2 Å². The molecule has 1 aliphatic carbocycles. The van der Waals surface area contributed by atoms with Crippen LogP contribution in [0.1, 0.15) is 26.2 Å². The summed E-state index contributed by atoms with van der Waals surface area (Å²) in [5, 5.41) is 14.4. The van der Waals surface area contributed by atoms with Crippen molar-refractivity contribution in [2.75, 3.05) is 11.9 Å². The van der Waals surface area contributed by atoms with Crippen LogP contribution in [-0.4, -0.2) is 46.5 Å². The van der Waals surface area contributed by atoms with Gasteiger partial charge >= 0.3 is 12.0 Å². The smallest absolute Gasteiger partial charge is 0.326 e. The van der Waals surface area contributed by atoms with Crippen LogP contribution in [0.3, 0.4) is 0 Å². The molecule has 1 fully saturated rings. The van der Waals surface area contributed by atoms with E-state index < -0.39 is 18.0 Å². The average molecular weight is 398 g/mol. The number of nitrogens with zero attached hydrogens (tertiary/aromatic N) is 1. The van der Waals surface area contributed by atoms with Crippen LogP contribution in [0.5, 0.6) is 0 Å². The highest BCUT2D eigenvalue weighted by Gasteiger charge is 2.37. The normalized spacial score (nSPS) is 14.6. The molecular formula is C16H20BrN3O4. The molecule has 0 aliphatic heterocycles. The first kappa shape index (κ1) is 18.3. The number of carbonyl (C=O) groups is 3. The van der Waals surface area contributed by atoms with Gasteiger partial charge in [-0.1, -0.05) is 15.9 Å². The number of aliphatic carboxylic acids is 1. The minimum absolute atomic E-state index is 0.0141. The van der Waals surface area contributed by atoms with Crippen LogP contribution in [0, 0.1) is 0 Å². The van der Waals surface area contributed by atoms with Gasteiger partial charge in [0.1, 0.15) is 6.04 Å². The van der Waals surface area contributed by atoms with E-state index in [1.54, 1.807) is 24.3 Å². The molecule has 0 bridgehead atoms. The summed E-state index contributed by atoms with van der Waals surface area (Å²) in [7, 11) is 0. The molecule has 1 aliphatic rings. The van der Waals surface area contributed by atoms with Crippen molar-refractivity contribution in [1.82, 2.24) is 10.2 Å². The second-order valence-electron chi connectivity index (χ2n) is 5.68. The Hall–Kier alpha value is -2.09. The van der Waals surface area contributed by atoms with E-state index in [4.69, 9.17) is 5.11 Å². The number of halogens is 1. The third-order valence-corrected chi connectivity index (χ3v) is 4.26. The fraction of sp³-hybridized carbons (Fsp3) is 0.438. The topological polar surface area (TPSA) is 98.7 Å². The monoisotopic (exact) mass is 397 g/mol. The molecule has 1 unspecified atom stereocenters. The zero-order chi connectivity index (χ0) is 17.7. The highest BCUT2D eigenvalue weighted by atomic mass is 79.9. The zero-order valence-electron chi connectivity index (χ0n) is 13.3. The molecule has 7 nitrogen and oxygen atoms in total. The Kier molecular flexibility index (Phi) is 6.19. The van der Waals surface area contributed by atoms with Crippen molar-refractivity contribution in [2.24, 2.45) is 0 Å². The molecule has 130 valence electrons. The molecule has 0 radical (unpaired) electrons. The minimum atomic E-state index is -1.02. The van der Waals surface area contributed by atoms with Crippen LogP contribution in [0.15, 0.2) is 28.7 Å². The summed E-state index contributed by atoms with van der Waals surface area (Å²) < 4.78 is 0.909. The quantitative estimate of drug-likeness (QED) is 0.657. The van der Waals surface area contributed by atoms with Gasteiger partial charge in [0.15, 0.2) is 0 Å². The average Bonchev–Trinajstić information content (AvgIpc) is 3.34. The Morgan fingerprint density at radius 3 is 2.46 bits per heavy atom. The number of benzene rings is 1. The van der Waals surface area contributed by atoms with Crippen molar-refractivity contribution in [2.45, 2.75) is 38.3 Å². The highest BCUT2D eigenvalue weighted by molar-refractivity contribution is 9.10. The maximum absolute atomic E-state index is 12.2. The van der Waals surface area contributed by atoms with Gasteiger partial charge in [0.2, 0.25) is 5.91 Å². The van der Waals surface area contributed by atoms with Crippen LogP contribution in [-0.2, 0) is 9.59 Å². The summed E-state index contributed by atoms with van der Waals surface area (Å²) in [4.78, 5) is 36.5. The van der Waals surface area contributed by atoms with Crippen LogP contribution >= 0.6 is 15.9 Å². The number of urea groups is 1. The summed E-state index contributed by atoms with van der Waals surface area (Å²) in [5.74, 6) is -1.27. The van der Waals surface area contributed by atoms with Crippen LogP contribution in [0.25, 0.3) is 0 Å². The van der Waals surface area contributed by atoms with Crippen LogP contribution in [0.2, 0.25) is 0 Å². The molecule has 1 aromatic rings. The molecule has 1 aromatic carbocycles. The number of anilines is 1. The van der Waals surface area contributed by atoms with E-state index in [-0.39, 0.29) is 24.9 Å². The second-order valence-corrected chi connectivity index (χ2v) is 6.60.